The van der Waals surface area contributed by atoms with Gasteiger partial charge in [-0.15, -0.1) is 0 Å². The van der Waals surface area contributed by atoms with E-state index in [9.17, 15) is 9.59 Å². The van der Waals surface area contributed by atoms with Gasteiger partial charge >= 0.3 is 0 Å². The van der Waals surface area contributed by atoms with E-state index in [1.165, 1.54) is 0 Å². The molecule has 1 rings (SSSR count). The maximum Gasteiger partial charge on any atom is 0.255 e. The maximum atomic E-state index is 12.7. The Hall–Kier alpha value is -2.52. The van der Waals surface area contributed by atoms with Crippen molar-refractivity contribution in [3.8, 4) is 5.75 Å². The fourth-order valence-electron chi connectivity index (χ4n) is 3.58. The fraction of sp³-hybridized carbons (Fsp3) is 0.680. The first kappa shape index (κ1) is 29.5. The van der Waals surface area contributed by atoms with Gasteiger partial charge in [-0.05, 0) is 37.3 Å². The topological polar surface area (TPSA) is 139 Å². The molecule has 1 aromatic carbocycles. The summed E-state index contributed by atoms with van der Waals surface area (Å²) in [4.78, 5) is 24.9. The van der Waals surface area contributed by atoms with E-state index < -0.39 is 12.1 Å². The van der Waals surface area contributed by atoms with Crippen molar-refractivity contribution in [2.24, 2.45) is 22.7 Å². The van der Waals surface area contributed by atoms with Crippen molar-refractivity contribution in [2.75, 3.05) is 33.4 Å². The number of nitrogens with one attached hydrogen (secondary N) is 3. The van der Waals surface area contributed by atoms with Gasteiger partial charge in [-0.2, -0.15) is 5.11 Å². The Labute approximate surface area is 204 Å². The number of carbonyl (C=O) groups is 2. The molecule has 1 aromatic rings. The van der Waals surface area contributed by atoms with E-state index in [0.717, 1.165) is 19.3 Å². The number of carbonyl (C=O) groups excluding carboxylic acids is 2. The first-order chi connectivity index (χ1) is 16.3. The molecule has 0 aliphatic rings. The lowest BCUT2D eigenvalue weighted by atomic mass is 9.91. The monoisotopic (exact) mass is 477 g/mol. The van der Waals surface area contributed by atoms with Crippen LogP contribution in [0.5, 0.6) is 5.75 Å². The van der Waals surface area contributed by atoms with Gasteiger partial charge in [-0.25, -0.2) is 5.53 Å². The molecule has 0 aliphatic heterocycles. The van der Waals surface area contributed by atoms with Crippen LogP contribution in [0.4, 0.5) is 0 Å². The van der Waals surface area contributed by atoms with Crippen molar-refractivity contribution in [3.05, 3.63) is 29.8 Å². The predicted octanol–water partition coefficient (Wildman–Crippen LogP) is 3.53. The van der Waals surface area contributed by atoms with Crippen LogP contribution in [0.2, 0.25) is 0 Å². The Balaban J connectivity index is 2.53. The number of benzene rings is 1. The summed E-state index contributed by atoms with van der Waals surface area (Å²) in [5.74, 6) is 0.117. The average molecular weight is 478 g/mol. The number of methoxy groups -OCH3 is 1. The van der Waals surface area contributed by atoms with Gasteiger partial charge < -0.3 is 25.8 Å². The molecule has 0 unspecified atom stereocenters. The molecule has 0 radical (unpaired) electrons. The quantitative estimate of drug-likeness (QED) is 0.189. The van der Waals surface area contributed by atoms with Crippen molar-refractivity contribution < 1.29 is 19.1 Å². The highest BCUT2D eigenvalue weighted by molar-refractivity contribution is 5.96. The number of nitrogens with zero attached hydrogens (tertiary/aromatic N) is 1. The first-order valence-electron chi connectivity index (χ1n) is 12.2. The van der Waals surface area contributed by atoms with Gasteiger partial charge in [-0.3, -0.25) is 9.59 Å². The van der Waals surface area contributed by atoms with E-state index in [1.54, 1.807) is 25.3 Å². The van der Waals surface area contributed by atoms with Gasteiger partial charge in [0.1, 0.15) is 5.75 Å². The second-order valence-electron chi connectivity index (χ2n) is 8.88. The number of para-hydroxylation sites is 1. The normalized spacial score (nSPS) is 14.5. The van der Waals surface area contributed by atoms with Gasteiger partial charge in [0.15, 0.2) is 0 Å². The third-order valence-corrected chi connectivity index (χ3v) is 5.70. The van der Waals surface area contributed by atoms with E-state index >= 15 is 0 Å². The summed E-state index contributed by atoms with van der Waals surface area (Å²) in [5, 5.41) is 9.58. The van der Waals surface area contributed by atoms with E-state index in [1.807, 2.05) is 19.9 Å². The van der Waals surface area contributed by atoms with Crippen LogP contribution >= 0.6 is 0 Å². The SMILES string of the molecule is CCCCNC(=O)[C@H](C)C[C@H](N)[C@H](C[C@@H](C)CNC(=O)c1ccccc1OCCCOC)N=N. The summed E-state index contributed by atoms with van der Waals surface area (Å²) >= 11 is 0. The van der Waals surface area contributed by atoms with Gasteiger partial charge in [-0.1, -0.05) is 39.3 Å². The molecule has 9 nitrogen and oxygen atoms in total. The largest absolute Gasteiger partial charge is 0.493 e. The Morgan fingerprint density at radius 3 is 2.53 bits per heavy atom. The predicted molar refractivity (Wildman–Crippen MR) is 133 cm³/mol. The maximum absolute atomic E-state index is 12.7. The van der Waals surface area contributed by atoms with Crippen LogP contribution in [0.25, 0.3) is 0 Å². The summed E-state index contributed by atoms with van der Waals surface area (Å²) in [6.07, 6.45) is 3.71. The Kier molecular flexibility index (Phi) is 14.8. The first-order valence-corrected chi connectivity index (χ1v) is 12.2. The number of hydrogen-bond acceptors (Lipinski definition) is 7. The zero-order chi connectivity index (χ0) is 25.3. The van der Waals surface area contributed by atoms with Gasteiger partial charge in [0.05, 0.1) is 18.2 Å². The van der Waals surface area contributed by atoms with Crippen LogP contribution in [0.15, 0.2) is 29.4 Å². The second-order valence-corrected chi connectivity index (χ2v) is 8.88. The zero-order valence-corrected chi connectivity index (χ0v) is 21.1. The lowest BCUT2D eigenvalue weighted by Gasteiger charge is -2.24. The number of unbranched alkanes of at least 4 members (excludes halogenated alkanes) is 1. The van der Waals surface area contributed by atoms with Crippen LogP contribution in [0, 0.1) is 17.4 Å². The van der Waals surface area contributed by atoms with Gasteiger partial charge in [0, 0.05) is 45.2 Å². The van der Waals surface area contributed by atoms with Crippen molar-refractivity contribution >= 4 is 11.8 Å². The summed E-state index contributed by atoms with van der Waals surface area (Å²) in [7, 11) is 1.64. The highest BCUT2D eigenvalue weighted by Gasteiger charge is 2.25. The fourth-order valence-corrected chi connectivity index (χ4v) is 3.58. The average Bonchev–Trinajstić information content (AvgIpc) is 2.83. The van der Waals surface area contributed by atoms with E-state index in [2.05, 4.69) is 22.7 Å². The molecule has 2 amide bonds. The Bertz CT molecular complexity index is 746. The van der Waals surface area contributed by atoms with Crippen molar-refractivity contribution in [1.82, 2.24) is 10.6 Å². The minimum atomic E-state index is -0.408. The highest BCUT2D eigenvalue weighted by Crippen LogP contribution is 2.19. The molecule has 0 saturated carbocycles. The highest BCUT2D eigenvalue weighted by atomic mass is 16.5. The number of rotatable bonds is 18. The molecule has 0 fully saturated rings. The third kappa shape index (κ3) is 11.1. The summed E-state index contributed by atoms with van der Waals surface area (Å²) in [6.45, 7) is 8.06. The van der Waals surface area contributed by atoms with Crippen LogP contribution in [0.1, 0.15) is 63.2 Å². The Morgan fingerprint density at radius 1 is 1.12 bits per heavy atom. The minimum Gasteiger partial charge on any atom is -0.493 e. The molecule has 0 aromatic heterocycles. The standard InChI is InChI=1S/C25H43N5O4/c1-5-6-12-28-24(31)19(3)16-21(26)22(30-27)15-18(2)17-29-25(32)20-10-7-8-11-23(20)34-14-9-13-33-4/h7-8,10-11,18-19,21-22,27H,5-6,9,12-17,26H2,1-4H3,(H,28,31)(H,29,32)/t18-,19-,21+,22+/m1/s1. The van der Waals surface area contributed by atoms with Crippen LogP contribution in [-0.2, 0) is 9.53 Å². The molecular weight excluding hydrogens is 434 g/mol. The zero-order valence-electron chi connectivity index (χ0n) is 21.1. The molecule has 0 spiro atoms. The molecule has 0 heterocycles. The summed E-state index contributed by atoms with van der Waals surface area (Å²) < 4.78 is 10.8. The van der Waals surface area contributed by atoms with Gasteiger partial charge in [0.2, 0.25) is 5.91 Å². The molecule has 9 heteroatoms. The van der Waals surface area contributed by atoms with E-state index in [-0.39, 0.29) is 23.7 Å². The molecule has 0 saturated heterocycles. The molecule has 192 valence electrons. The van der Waals surface area contributed by atoms with Crippen LogP contribution < -0.4 is 21.1 Å². The number of ether oxygens (including phenoxy) is 2. The Morgan fingerprint density at radius 2 is 1.85 bits per heavy atom. The number of nitrogens with two attached hydrogens (primary N) is 1. The third-order valence-electron chi connectivity index (χ3n) is 5.70. The van der Waals surface area contributed by atoms with Crippen LogP contribution in [-0.4, -0.2) is 57.3 Å². The molecule has 0 aliphatic carbocycles. The van der Waals surface area contributed by atoms with Crippen molar-refractivity contribution in [2.45, 2.75) is 65.0 Å². The lowest BCUT2D eigenvalue weighted by molar-refractivity contribution is -0.124. The smallest absolute Gasteiger partial charge is 0.255 e. The second kappa shape index (κ2) is 17.0. The molecule has 5 N–H and O–H groups in total. The lowest BCUT2D eigenvalue weighted by Crippen LogP contribution is -2.40. The van der Waals surface area contributed by atoms with E-state index in [4.69, 9.17) is 20.7 Å². The molecular formula is C25H43N5O4. The van der Waals surface area contributed by atoms with Gasteiger partial charge in [0.25, 0.3) is 5.91 Å². The minimum absolute atomic E-state index is 0.0175. The molecule has 4 atom stereocenters. The summed E-state index contributed by atoms with van der Waals surface area (Å²) in [5.41, 5.74) is 14.4. The van der Waals surface area contributed by atoms with E-state index in [0.29, 0.717) is 50.5 Å². The van der Waals surface area contributed by atoms with Crippen molar-refractivity contribution in [1.29, 1.82) is 5.53 Å². The number of amides is 2. The molecule has 34 heavy (non-hydrogen) atoms. The van der Waals surface area contributed by atoms with Crippen molar-refractivity contribution in [3.63, 3.8) is 0 Å². The molecule has 0 bridgehead atoms. The summed E-state index contributed by atoms with van der Waals surface area (Å²) in [6, 6.07) is 6.33. The van der Waals surface area contributed by atoms with Crippen LogP contribution in [0.3, 0.4) is 0 Å². The number of hydrogen-bond donors (Lipinski definition) is 4.